The maximum Gasteiger partial charge on any atom is 0.206 e. The number of carbonyl (C=O) groups is 6. The number of rotatable bonds is 8. The second kappa shape index (κ2) is 9.37. The van der Waals surface area contributed by atoms with Gasteiger partial charge in [-0.05, 0) is 48.2 Å². The van der Waals surface area contributed by atoms with Crippen LogP contribution in [0.2, 0.25) is 0 Å². The maximum absolute atomic E-state index is 13.4. The van der Waals surface area contributed by atoms with E-state index in [2.05, 4.69) is 0 Å². The van der Waals surface area contributed by atoms with Crippen LogP contribution in [0.5, 0.6) is 0 Å². The lowest BCUT2D eigenvalue weighted by Gasteiger charge is -2.08. The topological polar surface area (TPSA) is 137 Å². The molecule has 2 aromatic carbocycles. The van der Waals surface area contributed by atoms with E-state index in [0.717, 1.165) is 12.1 Å². The second-order valence-electron chi connectivity index (χ2n) is 10.4. The summed E-state index contributed by atoms with van der Waals surface area (Å²) in [6.07, 6.45) is 0.0909. The van der Waals surface area contributed by atoms with Gasteiger partial charge in [-0.15, -0.1) is 0 Å². The van der Waals surface area contributed by atoms with E-state index in [1.54, 1.807) is 27.7 Å². The van der Waals surface area contributed by atoms with Crippen LogP contribution in [0.1, 0.15) is 82.0 Å². The number of ketones is 6. The van der Waals surface area contributed by atoms with Gasteiger partial charge in [-0.3, -0.25) is 28.8 Å². The van der Waals surface area contributed by atoms with Crippen molar-refractivity contribution in [1.29, 1.82) is 0 Å². The molecule has 192 valence electrons. The van der Waals surface area contributed by atoms with Crippen LogP contribution < -0.4 is 0 Å². The van der Waals surface area contributed by atoms with Crippen LogP contribution in [-0.4, -0.2) is 43.1 Å². The minimum absolute atomic E-state index is 0.00714. The molecule has 9 heteroatoms. The number of sulfone groups is 1. The summed E-state index contributed by atoms with van der Waals surface area (Å²) < 4.78 is 26.8. The van der Waals surface area contributed by atoms with E-state index >= 15 is 0 Å². The number of benzene rings is 2. The van der Waals surface area contributed by atoms with Gasteiger partial charge in [0, 0.05) is 35.1 Å². The molecule has 2 aliphatic rings. The average Bonchev–Trinajstić information content (AvgIpc) is 3.21. The molecule has 0 aromatic heterocycles. The Hall–Kier alpha value is -3.59. The Labute approximate surface area is 214 Å². The fourth-order valence-corrected chi connectivity index (χ4v) is 6.15. The van der Waals surface area contributed by atoms with Gasteiger partial charge in [-0.2, -0.15) is 0 Å². The standard InChI is InChI=1S/C28H26O8S/c1-13(2)9-21(29)23-25(31)17-7-5-15(11-19(17)27(23)33)37(35,36)16-6-8-18-20(12-16)28(34)24(26(18)32)22(30)10-14(3)4/h5-8,11-14,23-24H,9-10H2,1-4H3. The average molecular weight is 523 g/mol. The van der Waals surface area contributed by atoms with Gasteiger partial charge in [0.1, 0.15) is 11.8 Å². The summed E-state index contributed by atoms with van der Waals surface area (Å²) in [7, 11) is -4.27. The number of fused-ring (bicyclic) bond motifs is 2. The molecular weight excluding hydrogens is 496 g/mol. The monoisotopic (exact) mass is 522 g/mol. The van der Waals surface area contributed by atoms with Crippen LogP contribution in [-0.2, 0) is 19.4 Å². The van der Waals surface area contributed by atoms with Crippen molar-refractivity contribution in [3.8, 4) is 0 Å². The lowest BCUT2D eigenvalue weighted by atomic mass is 9.92. The molecule has 0 spiro atoms. The van der Waals surface area contributed by atoms with Crippen LogP contribution >= 0.6 is 0 Å². The van der Waals surface area contributed by atoms with E-state index in [4.69, 9.17) is 0 Å². The molecule has 0 N–H and O–H groups in total. The third kappa shape index (κ3) is 4.41. The van der Waals surface area contributed by atoms with Crippen LogP contribution in [0.15, 0.2) is 46.2 Å². The summed E-state index contributed by atoms with van der Waals surface area (Å²) in [6.45, 7) is 7.15. The zero-order valence-corrected chi connectivity index (χ0v) is 21.7. The molecular formula is C28H26O8S. The first-order valence-electron chi connectivity index (χ1n) is 12.0. The fraction of sp³-hybridized carbons (Fsp3) is 0.357. The Morgan fingerprint density at radius 3 is 1.27 bits per heavy atom. The zero-order chi connectivity index (χ0) is 27.4. The Kier molecular flexibility index (Phi) is 6.71. The maximum atomic E-state index is 13.4. The molecule has 0 saturated heterocycles. The molecule has 2 atom stereocenters. The quantitative estimate of drug-likeness (QED) is 0.478. The smallest absolute Gasteiger partial charge is 0.206 e. The van der Waals surface area contributed by atoms with E-state index in [1.807, 2.05) is 0 Å². The third-order valence-electron chi connectivity index (χ3n) is 6.58. The molecule has 0 saturated carbocycles. The molecule has 2 unspecified atom stereocenters. The van der Waals surface area contributed by atoms with Gasteiger partial charge >= 0.3 is 0 Å². The number of hydrogen-bond donors (Lipinski definition) is 0. The highest BCUT2D eigenvalue weighted by Gasteiger charge is 2.45. The Morgan fingerprint density at radius 2 is 0.946 bits per heavy atom. The van der Waals surface area contributed by atoms with Gasteiger partial charge in [0.15, 0.2) is 34.7 Å². The SMILES string of the molecule is CC(C)CC(=O)C1C(=O)c2ccc(S(=O)(=O)c3ccc4c(c3)C(=O)C(C(=O)CC(C)C)C4=O)cc2C1=O. The molecule has 0 fully saturated rings. The van der Waals surface area contributed by atoms with Crippen molar-refractivity contribution in [2.45, 2.75) is 50.3 Å². The first-order chi connectivity index (χ1) is 17.2. The lowest BCUT2D eigenvalue weighted by molar-refractivity contribution is -0.121. The predicted octanol–water partition coefficient (Wildman–Crippen LogP) is 3.74. The van der Waals surface area contributed by atoms with Gasteiger partial charge in [0.25, 0.3) is 0 Å². The van der Waals surface area contributed by atoms with E-state index in [0.29, 0.717) is 0 Å². The first kappa shape index (κ1) is 26.5. The predicted molar refractivity (Wildman–Crippen MR) is 132 cm³/mol. The fourth-order valence-electron chi connectivity index (χ4n) is 4.84. The second-order valence-corrected chi connectivity index (χ2v) is 12.3. The van der Waals surface area contributed by atoms with Crippen molar-refractivity contribution in [2.24, 2.45) is 23.7 Å². The summed E-state index contributed by atoms with van der Waals surface area (Å²) in [5, 5.41) is 0. The molecule has 0 heterocycles. The van der Waals surface area contributed by atoms with Crippen molar-refractivity contribution in [1.82, 2.24) is 0 Å². The van der Waals surface area contributed by atoms with E-state index in [1.165, 1.54) is 24.3 Å². The summed E-state index contributed by atoms with van der Waals surface area (Å²) in [5.74, 6) is -6.82. The highest BCUT2D eigenvalue weighted by atomic mass is 32.2. The molecule has 0 bridgehead atoms. The van der Waals surface area contributed by atoms with E-state index in [9.17, 15) is 37.2 Å². The molecule has 0 radical (unpaired) electrons. The molecule has 0 aliphatic heterocycles. The number of hydrogen-bond acceptors (Lipinski definition) is 8. The van der Waals surface area contributed by atoms with Gasteiger partial charge in [-0.1, -0.05) is 27.7 Å². The third-order valence-corrected chi connectivity index (χ3v) is 8.33. The van der Waals surface area contributed by atoms with Gasteiger partial charge < -0.3 is 0 Å². The van der Waals surface area contributed by atoms with Crippen molar-refractivity contribution in [3.63, 3.8) is 0 Å². The van der Waals surface area contributed by atoms with Crippen LogP contribution in [0.3, 0.4) is 0 Å². The van der Waals surface area contributed by atoms with Crippen molar-refractivity contribution in [3.05, 3.63) is 58.7 Å². The molecule has 2 aliphatic carbocycles. The number of carbonyl (C=O) groups excluding carboxylic acids is 6. The molecule has 0 amide bonds. The van der Waals surface area contributed by atoms with E-state index < -0.39 is 56.4 Å². The van der Waals surface area contributed by atoms with Crippen molar-refractivity contribution < 1.29 is 37.2 Å². The normalized spacial score (nSPS) is 19.1. The van der Waals surface area contributed by atoms with Crippen LogP contribution in [0.4, 0.5) is 0 Å². The summed E-state index contributed by atoms with van der Waals surface area (Å²) in [5.41, 5.74) is -0.292. The van der Waals surface area contributed by atoms with Gasteiger partial charge in [0.2, 0.25) is 9.84 Å². The van der Waals surface area contributed by atoms with Gasteiger partial charge in [-0.25, -0.2) is 8.42 Å². The van der Waals surface area contributed by atoms with Crippen LogP contribution in [0.25, 0.3) is 0 Å². The first-order valence-corrected chi connectivity index (χ1v) is 13.5. The highest BCUT2D eigenvalue weighted by molar-refractivity contribution is 7.91. The minimum Gasteiger partial charge on any atom is -0.298 e. The minimum atomic E-state index is -4.27. The largest absolute Gasteiger partial charge is 0.298 e. The molecule has 2 aromatic rings. The van der Waals surface area contributed by atoms with Crippen molar-refractivity contribution in [2.75, 3.05) is 0 Å². The zero-order valence-electron chi connectivity index (χ0n) is 20.9. The lowest BCUT2D eigenvalue weighted by Crippen LogP contribution is -2.26. The molecule has 37 heavy (non-hydrogen) atoms. The molecule has 4 rings (SSSR count). The summed E-state index contributed by atoms with van der Waals surface area (Å²) in [4.78, 5) is 75.7. The Morgan fingerprint density at radius 1 is 0.622 bits per heavy atom. The van der Waals surface area contributed by atoms with E-state index in [-0.39, 0.29) is 56.7 Å². The van der Waals surface area contributed by atoms with Gasteiger partial charge in [0.05, 0.1) is 9.79 Å². The van der Waals surface area contributed by atoms with Crippen molar-refractivity contribution >= 4 is 44.5 Å². The highest BCUT2D eigenvalue weighted by Crippen LogP contribution is 2.35. The summed E-state index contributed by atoms with van der Waals surface area (Å²) >= 11 is 0. The molecule has 8 nitrogen and oxygen atoms in total. The Bertz CT molecular complexity index is 1400. The Balaban J connectivity index is 1.69. The summed E-state index contributed by atoms with van der Waals surface area (Å²) in [6, 6.07) is 6.92. The number of Topliss-reactive ketones (excluding diaryl/α,β-unsaturated/α-hetero) is 6. The van der Waals surface area contributed by atoms with Crippen LogP contribution in [0, 0.1) is 23.7 Å².